The lowest BCUT2D eigenvalue weighted by Crippen LogP contribution is -2.44. The molecule has 1 unspecified atom stereocenters. The highest BCUT2D eigenvalue weighted by atomic mass is 16.4. The topological polar surface area (TPSA) is 69.6 Å². The number of hydrogen-bond donors (Lipinski definition) is 2. The van der Waals surface area contributed by atoms with Gasteiger partial charge in [-0.15, -0.1) is 0 Å². The lowest BCUT2D eigenvalue weighted by molar-refractivity contribution is -0.143. The fourth-order valence-electron chi connectivity index (χ4n) is 2.61. The van der Waals surface area contributed by atoms with Crippen LogP contribution in [0.4, 0.5) is 10.5 Å². The van der Waals surface area contributed by atoms with Crippen LogP contribution in [0, 0.1) is 19.8 Å². The maximum Gasteiger partial charge on any atom is 0.321 e. The first-order valence-electron chi connectivity index (χ1n) is 6.83. The number of rotatable bonds is 2. The number of likely N-dealkylation sites (tertiary alicyclic amines) is 1. The Morgan fingerprint density at radius 1 is 1.25 bits per heavy atom. The molecule has 108 valence electrons. The molecule has 1 aliphatic rings. The van der Waals surface area contributed by atoms with Crippen LogP contribution in [0.1, 0.15) is 24.0 Å². The number of benzene rings is 1. The van der Waals surface area contributed by atoms with Crippen LogP contribution in [-0.2, 0) is 4.79 Å². The van der Waals surface area contributed by atoms with E-state index in [-0.39, 0.29) is 12.6 Å². The Balaban J connectivity index is 2.02. The van der Waals surface area contributed by atoms with Crippen molar-refractivity contribution in [2.75, 3.05) is 18.4 Å². The molecule has 0 spiro atoms. The van der Waals surface area contributed by atoms with E-state index in [0.29, 0.717) is 13.0 Å². The van der Waals surface area contributed by atoms with E-state index in [2.05, 4.69) is 5.32 Å². The first-order chi connectivity index (χ1) is 9.45. The summed E-state index contributed by atoms with van der Waals surface area (Å²) < 4.78 is 0. The van der Waals surface area contributed by atoms with Crippen LogP contribution in [0.3, 0.4) is 0 Å². The minimum Gasteiger partial charge on any atom is -0.481 e. The Morgan fingerprint density at radius 3 is 2.50 bits per heavy atom. The molecule has 1 fully saturated rings. The molecule has 1 heterocycles. The number of carbonyl (C=O) groups is 2. The molecule has 0 bridgehead atoms. The SMILES string of the molecule is Cc1cc(C)cc(NC(=O)N2CCCC(C(=O)O)C2)c1. The maximum absolute atomic E-state index is 12.2. The quantitative estimate of drug-likeness (QED) is 0.872. The molecule has 1 saturated heterocycles. The van der Waals surface area contributed by atoms with Gasteiger partial charge in [0.1, 0.15) is 0 Å². The second-order valence-electron chi connectivity index (χ2n) is 5.43. The number of nitrogens with one attached hydrogen (secondary N) is 1. The zero-order valence-electron chi connectivity index (χ0n) is 11.8. The highest BCUT2D eigenvalue weighted by molar-refractivity contribution is 5.90. The van der Waals surface area contributed by atoms with Crippen molar-refractivity contribution in [2.24, 2.45) is 5.92 Å². The Kier molecular flexibility index (Phi) is 4.27. The molecule has 5 nitrogen and oxygen atoms in total. The highest BCUT2D eigenvalue weighted by Gasteiger charge is 2.28. The van der Waals surface area contributed by atoms with E-state index in [4.69, 9.17) is 5.11 Å². The highest BCUT2D eigenvalue weighted by Crippen LogP contribution is 2.19. The molecule has 1 aliphatic heterocycles. The number of carboxylic acids is 1. The lowest BCUT2D eigenvalue weighted by Gasteiger charge is -2.30. The van der Waals surface area contributed by atoms with Gasteiger partial charge in [0.25, 0.3) is 0 Å². The van der Waals surface area contributed by atoms with Crippen LogP contribution in [0.15, 0.2) is 18.2 Å². The van der Waals surface area contributed by atoms with Crippen LogP contribution in [-0.4, -0.2) is 35.1 Å². The molecule has 1 aromatic carbocycles. The molecule has 2 N–H and O–H groups in total. The number of hydrogen-bond acceptors (Lipinski definition) is 2. The molecule has 0 radical (unpaired) electrons. The fourth-order valence-corrected chi connectivity index (χ4v) is 2.61. The standard InChI is InChI=1S/C15H20N2O3/c1-10-6-11(2)8-13(7-10)16-15(20)17-5-3-4-12(9-17)14(18)19/h6-8,12H,3-5,9H2,1-2H3,(H,16,20)(H,18,19). The molecular formula is C15H20N2O3. The number of nitrogens with zero attached hydrogens (tertiary/aromatic N) is 1. The zero-order valence-corrected chi connectivity index (χ0v) is 11.8. The average Bonchev–Trinajstić information content (AvgIpc) is 2.37. The normalized spacial score (nSPS) is 18.7. The minimum absolute atomic E-state index is 0.221. The number of amides is 2. The summed E-state index contributed by atoms with van der Waals surface area (Å²) in [6.07, 6.45) is 1.37. The van der Waals surface area contributed by atoms with Crippen molar-refractivity contribution < 1.29 is 14.7 Å². The summed E-state index contributed by atoms with van der Waals surface area (Å²) in [5, 5.41) is 11.9. The zero-order chi connectivity index (χ0) is 14.7. The van der Waals surface area contributed by atoms with Crippen molar-refractivity contribution >= 4 is 17.7 Å². The summed E-state index contributed by atoms with van der Waals surface area (Å²) in [5.74, 6) is -1.28. The second kappa shape index (κ2) is 5.94. The van der Waals surface area contributed by atoms with Gasteiger partial charge in [-0.25, -0.2) is 4.79 Å². The number of carboxylic acid groups (broad SMARTS) is 1. The van der Waals surface area contributed by atoms with Gasteiger partial charge in [-0.3, -0.25) is 4.79 Å². The third kappa shape index (κ3) is 3.50. The van der Waals surface area contributed by atoms with Gasteiger partial charge in [-0.1, -0.05) is 6.07 Å². The smallest absolute Gasteiger partial charge is 0.321 e. The predicted molar refractivity (Wildman–Crippen MR) is 76.9 cm³/mol. The predicted octanol–water partition coefficient (Wildman–Crippen LogP) is 2.63. The average molecular weight is 276 g/mol. The first-order valence-corrected chi connectivity index (χ1v) is 6.83. The molecule has 0 aliphatic carbocycles. The van der Waals surface area contributed by atoms with Gasteiger partial charge in [-0.05, 0) is 49.9 Å². The molecule has 1 aromatic rings. The number of aliphatic carboxylic acids is 1. The lowest BCUT2D eigenvalue weighted by atomic mass is 9.99. The Bertz CT molecular complexity index is 508. The molecule has 5 heteroatoms. The number of anilines is 1. The van der Waals surface area contributed by atoms with Crippen molar-refractivity contribution in [2.45, 2.75) is 26.7 Å². The Hall–Kier alpha value is -2.04. The van der Waals surface area contributed by atoms with Gasteiger partial charge in [0, 0.05) is 18.8 Å². The van der Waals surface area contributed by atoms with Crippen LogP contribution < -0.4 is 5.32 Å². The van der Waals surface area contributed by atoms with E-state index in [1.807, 2.05) is 32.0 Å². The summed E-state index contributed by atoms with van der Waals surface area (Å²) in [6, 6.07) is 5.63. The van der Waals surface area contributed by atoms with Gasteiger partial charge in [-0.2, -0.15) is 0 Å². The first kappa shape index (κ1) is 14.4. The van der Waals surface area contributed by atoms with E-state index in [1.54, 1.807) is 4.90 Å². The number of aryl methyl sites for hydroxylation is 2. The maximum atomic E-state index is 12.2. The van der Waals surface area contributed by atoms with Gasteiger partial charge in [0.15, 0.2) is 0 Å². The van der Waals surface area contributed by atoms with E-state index >= 15 is 0 Å². The van der Waals surface area contributed by atoms with E-state index < -0.39 is 11.9 Å². The Labute approximate surface area is 118 Å². The van der Waals surface area contributed by atoms with Crippen LogP contribution >= 0.6 is 0 Å². The Morgan fingerprint density at radius 2 is 1.90 bits per heavy atom. The van der Waals surface area contributed by atoms with Gasteiger partial charge >= 0.3 is 12.0 Å². The summed E-state index contributed by atoms with van der Waals surface area (Å²) >= 11 is 0. The van der Waals surface area contributed by atoms with Crippen molar-refractivity contribution in [1.29, 1.82) is 0 Å². The third-order valence-corrected chi connectivity index (χ3v) is 3.53. The fraction of sp³-hybridized carbons (Fsp3) is 0.467. The third-order valence-electron chi connectivity index (χ3n) is 3.53. The minimum atomic E-state index is -0.825. The molecule has 2 amide bonds. The van der Waals surface area contributed by atoms with Crippen molar-refractivity contribution in [3.05, 3.63) is 29.3 Å². The molecule has 1 atom stereocenters. The number of piperidine rings is 1. The second-order valence-corrected chi connectivity index (χ2v) is 5.43. The van der Waals surface area contributed by atoms with E-state index in [0.717, 1.165) is 23.2 Å². The monoisotopic (exact) mass is 276 g/mol. The summed E-state index contributed by atoms with van der Waals surface area (Å²) in [6.45, 7) is 4.85. The largest absolute Gasteiger partial charge is 0.481 e. The molecule has 2 rings (SSSR count). The van der Waals surface area contributed by atoms with Gasteiger partial charge < -0.3 is 15.3 Å². The molecular weight excluding hydrogens is 256 g/mol. The number of carbonyl (C=O) groups excluding carboxylic acids is 1. The van der Waals surface area contributed by atoms with Gasteiger partial charge in [0.2, 0.25) is 0 Å². The van der Waals surface area contributed by atoms with Gasteiger partial charge in [0.05, 0.1) is 5.92 Å². The van der Waals surface area contributed by atoms with Crippen LogP contribution in [0.25, 0.3) is 0 Å². The van der Waals surface area contributed by atoms with Crippen molar-refractivity contribution in [3.8, 4) is 0 Å². The number of urea groups is 1. The molecule has 0 aromatic heterocycles. The molecule has 20 heavy (non-hydrogen) atoms. The molecule has 0 saturated carbocycles. The van der Waals surface area contributed by atoms with Crippen LogP contribution in [0.2, 0.25) is 0 Å². The van der Waals surface area contributed by atoms with E-state index in [1.165, 1.54) is 0 Å². The van der Waals surface area contributed by atoms with E-state index in [9.17, 15) is 9.59 Å². The van der Waals surface area contributed by atoms with Crippen molar-refractivity contribution in [3.63, 3.8) is 0 Å². The summed E-state index contributed by atoms with van der Waals surface area (Å²) in [7, 11) is 0. The summed E-state index contributed by atoms with van der Waals surface area (Å²) in [5.41, 5.74) is 2.93. The summed E-state index contributed by atoms with van der Waals surface area (Å²) in [4.78, 5) is 24.8. The van der Waals surface area contributed by atoms with Crippen LogP contribution in [0.5, 0.6) is 0 Å². The van der Waals surface area contributed by atoms with Crippen molar-refractivity contribution in [1.82, 2.24) is 4.90 Å².